The van der Waals surface area contributed by atoms with Crippen molar-refractivity contribution in [3.05, 3.63) is 70.4 Å². The molecule has 0 bridgehead atoms. The highest BCUT2D eigenvalue weighted by molar-refractivity contribution is 7.09. The molecule has 40 heavy (non-hydrogen) atoms. The fraction of sp³-hybridized carbons (Fsp3) is 0.367. The van der Waals surface area contributed by atoms with Crippen LogP contribution in [-0.2, 0) is 0 Å². The number of anilines is 1. The minimum atomic E-state index is -0.0731. The molecule has 208 valence electrons. The SMILES string of the molecule is COc1ccc(N2CCN(C(=O)c3csc(C4CCN(C(=O)c5cc6ccccc6o5)CC4)n3)CC2)c(OC)c1. The summed E-state index contributed by atoms with van der Waals surface area (Å²) in [6.07, 6.45) is 1.63. The Morgan fingerprint density at radius 3 is 2.38 bits per heavy atom. The number of carbonyl (C=O) groups is 2. The normalized spacial score (nSPS) is 16.4. The van der Waals surface area contributed by atoms with Crippen LogP contribution in [-0.4, -0.2) is 80.1 Å². The van der Waals surface area contributed by atoms with Crippen LogP contribution < -0.4 is 14.4 Å². The molecule has 0 radical (unpaired) electrons. The number of ether oxygens (including phenoxy) is 2. The van der Waals surface area contributed by atoms with Gasteiger partial charge in [-0.2, -0.15) is 0 Å². The van der Waals surface area contributed by atoms with E-state index in [1.165, 1.54) is 0 Å². The van der Waals surface area contributed by atoms with Crippen molar-refractivity contribution >= 4 is 39.8 Å². The van der Waals surface area contributed by atoms with Crippen LogP contribution in [0.5, 0.6) is 11.5 Å². The van der Waals surface area contributed by atoms with E-state index in [9.17, 15) is 9.59 Å². The number of benzene rings is 2. The lowest BCUT2D eigenvalue weighted by atomic mass is 9.97. The third-order valence-electron chi connectivity index (χ3n) is 7.80. The molecule has 4 aromatic rings. The maximum atomic E-state index is 13.3. The molecule has 10 heteroatoms. The van der Waals surface area contributed by atoms with Crippen molar-refractivity contribution in [3.8, 4) is 11.5 Å². The van der Waals surface area contributed by atoms with Crippen LogP contribution >= 0.6 is 11.3 Å². The highest BCUT2D eigenvalue weighted by atomic mass is 32.1. The van der Waals surface area contributed by atoms with Gasteiger partial charge in [-0.3, -0.25) is 9.59 Å². The molecule has 2 saturated heterocycles. The Morgan fingerprint density at radius 1 is 0.900 bits per heavy atom. The molecule has 0 atom stereocenters. The number of piperidine rings is 1. The molecule has 9 nitrogen and oxygen atoms in total. The summed E-state index contributed by atoms with van der Waals surface area (Å²) in [5.41, 5.74) is 2.23. The lowest BCUT2D eigenvalue weighted by molar-refractivity contribution is 0.0683. The number of hydrogen-bond donors (Lipinski definition) is 0. The number of para-hydroxylation sites is 1. The van der Waals surface area contributed by atoms with Crippen molar-refractivity contribution in [1.29, 1.82) is 0 Å². The third kappa shape index (κ3) is 5.11. The first-order valence-electron chi connectivity index (χ1n) is 13.5. The number of rotatable bonds is 6. The standard InChI is InChI=1S/C30H32N4O5S/c1-37-22-7-8-24(26(18-22)38-2)32-13-15-34(16-14-32)29(35)23-19-40-28(31-23)20-9-11-33(12-10-20)30(36)27-17-21-5-3-4-6-25(21)39-27/h3-8,17-20H,9-16H2,1-2H3. The van der Waals surface area contributed by atoms with E-state index in [0.717, 1.165) is 46.0 Å². The van der Waals surface area contributed by atoms with Crippen LogP contribution in [0.2, 0.25) is 0 Å². The second-order valence-electron chi connectivity index (χ2n) is 10.1. The number of likely N-dealkylation sites (tertiary alicyclic amines) is 1. The van der Waals surface area contributed by atoms with E-state index in [2.05, 4.69) is 4.90 Å². The third-order valence-corrected chi connectivity index (χ3v) is 8.81. The topological polar surface area (TPSA) is 88.4 Å². The molecule has 2 aliphatic heterocycles. The maximum absolute atomic E-state index is 13.3. The first-order chi connectivity index (χ1) is 19.5. The molecule has 2 aromatic carbocycles. The minimum Gasteiger partial charge on any atom is -0.497 e. The Morgan fingerprint density at radius 2 is 1.65 bits per heavy atom. The van der Waals surface area contributed by atoms with Crippen LogP contribution in [0.3, 0.4) is 0 Å². The number of carbonyl (C=O) groups excluding carboxylic acids is 2. The molecule has 2 amide bonds. The number of methoxy groups -OCH3 is 2. The number of nitrogens with zero attached hydrogens (tertiary/aromatic N) is 4. The average molecular weight is 561 g/mol. The van der Waals surface area contributed by atoms with Gasteiger partial charge in [0.2, 0.25) is 0 Å². The first-order valence-corrected chi connectivity index (χ1v) is 14.4. The summed E-state index contributed by atoms with van der Waals surface area (Å²) < 4.78 is 16.6. The van der Waals surface area contributed by atoms with Gasteiger partial charge in [0, 0.05) is 62.0 Å². The summed E-state index contributed by atoms with van der Waals surface area (Å²) in [5, 5.41) is 3.78. The largest absolute Gasteiger partial charge is 0.497 e. The number of hydrogen-bond acceptors (Lipinski definition) is 8. The Balaban J connectivity index is 1.03. The zero-order valence-electron chi connectivity index (χ0n) is 22.7. The molecular formula is C30H32N4O5S. The smallest absolute Gasteiger partial charge is 0.289 e. The summed E-state index contributed by atoms with van der Waals surface area (Å²) >= 11 is 1.54. The number of aromatic nitrogens is 1. The lowest BCUT2D eigenvalue weighted by Crippen LogP contribution is -2.49. The van der Waals surface area contributed by atoms with Gasteiger partial charge in [-0.1, -0.05) is 18.2 Å². The first kappa shape index (κ1) is 26.2. The summed E-state index contributed by atoms with van der Waals surface area (Å²) in [7, 11) is 3.29. The Kier molecular flexibility index (Phi) is 7.34. The van der Waals surface area contributed by atoms with Crippen LogP contribution in [0.1, 0.15) is 44.8 Å². The predicted octanol–water partition coefficient (Wildman–Crippen LogP) is 4.89. The fourth-order valence-electron chi connectivity index (χ4n) is 5.50. The second kappa shape index (κ2) is 11.2. The van der Waals surface area contributed by atoms with Gasteiger partial charge in [0.25, 0.3) is 11.8 Å². The zero-order valence-corrected chi connectivity index (χ0v) is 23.5. The summed E-state index contributed by atoms with van der Waals surface area (Å²) in [5.74, 6) is 2.03. The summed E-state index contributed by atoms with van der Waals surface area (Å²) in [6, 6.07) is 15.3. The van der Waals surface area contributed by atoms with Crippen LogP contribution in [0.4, 0.5) is 5.69 Å². The van der Waals surface area contributed by atoms with Crippen molar-refractivity contribution in [2.45, 2.75) is 18.8 Å². The monoisotopic (exact) mass is 560 g/mol. The van der Waals surface area contributed by atoms with Gasteiger partial charge in [0.05, 0.1) is 24.9 Å². The lowest BCUT2D eigenvalue weighted by Gasteiger charge is -2.36. The van der Waals surface area contributed by atoms with Crippen molar-refractivity contribution in [3.63, 3.8) is 0 Å². The van der Waals surface area contributed by atoms with Gasteiger partial charge in [0.15, 0.2) is 5.76 Å². The maximum Gasteiger partial charge on any atom is 0.289 e. The molecule has 2 aliphatic rings. The van der Waals surface area contributed by atoms with Crippen LogP contribution in [0, 0.1) is 0 Å². The number of furan rings is 1. The predicted molar refractivity (Wildman–Crippen MR) is 154 cm³/mol. The molecule has 0 saturated carbocycles. The highest BCUT2D eigenvalue weighted by Crippen LogP contribution is 2.34. The van der Waals surface area contributed by atoms with Gasteiger partial charge in [-0.05, 0) is 37.1 Å². The van der Waals surface area contributed by atoms with Crippen LogP contribution in [0.25, 0.3) is 11.0 Å². The van der Waals surface area contributed by atoms with E-state index in [1.54, 1.807) is 25.6 Å². The molecule has 0 unspecified atom stereocenters. The van der Waals surface area contributed by atoms with Crippen molar-refractivity contribution in [2.24, 2.45) is 0 Å². The van der Waals surface area contributed by atoms with Gasteiger partial charge < -0.3 is 28.6 Å². The van der Waals surface area contributed by atoms with E-state index in [0.29, 0.717) is 50.7 Å². The van der Waals surface area contributed by atoms with Gasteiger partial charge >= 0.3 is 0 Å². The van der Waals surface area contributed by atoms with E-state index in [4.69, 9.17) is 18.9 Å². The number of piperazine rings is 1. The number of amides is 2. The minimum absolute atomic E-state index is 0.0265. The molecular weight excluding hydrogens is 528 g/mol. The fourth-order valence-corrected chi connectivity index (χ4v) is 6.47. The molecule has 2 fully saturated rings. The van der Waals surface area contributed by atoms with Crippen LogP contribution in [0.15, 0.2) is 58.3 Å². The van der Waals surface area contributed by atoms with Crippen molar-refractivity contribution in [1.82, 2.24) is 14.8 Å². The Hall–Kier alpha value is -4.05. The van der Waals surface area contributed by atoms with Gasteiger partial charge in [-0.15, -0.1) is 11.3 Å². The van der Waals surface area contributed by atoms with E-state index >= 15 is 0 Å². The Bertz CT molecular complexity index is 1480. The van der Waals surface area contributed by atoms with Crippen molar-refractivity contribution in [2.75, 3.05) is 58.4 Å². The molecule has 0 N–H and O–H groups in total. The van der Waals surface area contributed by atoms with E-state index < -0.39 is 0 Å². The zero-order chi connectivity index (χ0) is 27.6. The van der Waals surface area contributed by atoms with E-state index in [1.807, 2.05) is 63.7 Å². The Labute approximate surface area is 236 Å². The number of fused-ring (bicyclic) bond motifs is 1. The molecule has 4 heterocycles. The summed E-state index contributed by atoms with van der Waals surface area (Å²) in [4.78, 5) is 37.0. The quantitative estimate of drug-likeness (QED) is 0.332. The molecule has 0 spiro atoms. The van der Waals surface area contributed by atoms with Gasteiger partial charge in [-0.25, -0.2) is 4.98 Å². The molecule has 6 rings (SSSR count). The highest BCUT2D eigenvalue weighted by Gasteiger charge is 2.30. The molecule has 0 aliphatic carbocycles. The second-order valence-corrected chi connectivity index (χ2v) is 11.0. The van der Waals surface area contributed by atoms with Gasteiger partial charge in [0.1, 0.15) is 22.8 Å². The number of thiazole rings is 1. The van der Waals surface area contributed by atoms with Crippen molar-refractivity contribution < 1.29 is 23.5 Å². The summed E-state index contributed by atoms with van der Waals surface area (Å²) in [6.45, 7) is 3.93. The van der Waals surface area contributed by atoms with E-state index in [-0.39, 0.29) is 17.7 Å². The molecule has 2 aromatic heterocycles. The average Bonchev–Trinajstić information content (AvgIpc) is 3.68.